The van der Waals surface area contributed by atoms with Crippen LogP contribution in [0.4, 0.5) is 4.79 Å². The molecule has 2 amide bonds. The fourth-order valence-corrected chi connectivity index (χ4v) is 3.89. The van der Waals surface area contributed by atoms with Crippen LogP contribution in [0.3, 0.4) is 0 Å². The largest absolute Gasteiger partial charge is 0.481 e. The maximum Gasteiger partial charge on any atom is 0.320 e. The summed E-state index contributed by atoms with van der Waals surface area (Å²) in [6.45, 7) is 2.53. The first kappa shape index (κ1) is 15.4. The lowest BCUT2D eigenvalue weighted by Gasteiger charge is -2.40. The van der Waals surface area contributed by atoms with E-state index in [0.29, 0.717) is 6.54 Å². The Balaban J connectivity index is 1.98. The van der Waals surface area contributed by atoms with Crippen molar-refractivity contribution in [1.29, 1.82) is 0 Å². The molecule has 2 N–H and O–H groups in total. The molecule has 0 aromatic carbocycles. The molecule has 2 aliphatic rings. The number of urea groups is 1. The van der Waals surface area contributed by atoms with Gasteiger partial charge in [-0.1, -0.05) is 0 Å². The smallest absolute Gasteiger partial charge is 0.320 e. The van der Waals surface area contributed by atoms with Gasteiger partial charge >= 0.3 is 12.0 Å². The number of hydrogen-bond acceptors (Lipinski definition) is 4. The molecule has 0 aliphatic carbocycles. The number of rotatable bonds is 3. The molecule has 1 atom stereocenters. The highest BCUT2D eigenvalue weighted by Crippen LogP contribution is 2.22. The van der Waals surface area contributed by atoms with Gasteiger partial charge in [-0.25, -0.2) is 4.79 Å². The fraction of sp³-hybridized carbons (Fsp3) is 0.846. The zero-order chi connectivity index (χ0) is 14.5. The Labute approximate surface area is 123 Å². The van der Waals surface area contributed by atoms with Crippen LogP contribution in [0.5, 0.6) is 0 Å². The Morgan fingerprint density at radius 1 is 1.40 bits per heavy atom. The second-order valence-electron chi connectivity index (χ2n) is 5.39. The Hall–Kier alpha value is -0.950. The van der Waals surface area contributed by atoms with Crippen molar-refractivity contribution in [3.05, 3.63) is 0 Å². The van der Waals surface area contributed by atoms with E-state index < -0.39 is 5.97 Å². The van der Waals surface area contributed by atoms with Crippen LogP contribution in [-0.4, -0.2) is 77.2 Å². The van der Waals surface area contributed by atoms with Gasteiger partial charge in [0.25, 0.3) is 0 Å². The van der Waals surface area contributed by atoms with Crippen molar-refractivity contribution in [3.63, 3.8) is 0 Å². The van der Waals surface area contributed by atoms with E-state index in [2.05, 4.69) is 5.32 Å². The van der Waals surface area contributed by atoms with Crippen LogP contribution in [0.2, 0.25) is 0 Å². The standard InChI is InChI=1S/C13H23N3O3S/c1-15(10-2-4-14-5-3-10)13(19)16-6-7-20-9-11(16)8-12(17)18/h10-11,14H,2-9H2,1H3,(H,17,18). The van der Waals surface area contributed by atoms with E-state index in [-0.39, 0.29) is 24.5 Å². The van der Waals surface area contributed by atoms with Crippen molar-refractivity contribution >= 4 is 23.8 Å². The molecule has 0 aromatic rings. The predicted molar refractivity (Wildman–Crippen MR) is 79.1 cm³/mol. The number of nitrogens with one attached hydrogen (secondary N) is 1. The number of hydrogen-bond donors (Lipinski definition) is 2. The lowest BCUT2D eigenvalue weighted by atomic mass is 10.1. The van der Waals surface area contributed by atoms with Crippen molar-refractivity contribution in [2.45, 2.75) is 31.3 Å². The minimum absolute atomic E-state index is 0.0107. The summed E-state index contributed by atoms with van der Waals surface area (Å²) in [5, 5.41) is 12.3. The second-order valence-corrected chi connectivity index (χ2v) is 6.54. The topological polar surface area (TPSA) is 72.9 Å². The number of carbonyl (C=O) groups excluding carboxylic acids is 1. The molecule has 0 saturated carbocycles. The van der Waals surface area contributed by atoms with Gasteiger partial charge in [-0.05, 0) is 25.9 Å². The van der Waals surface area contributed by atoms with E-state index >= 15 is 0 Å². The maximum absolute atomic E-state index is 12.6. The molecule has 2 saturated heterocycles. The molecule has 1 unspecified atom stereocenters. The third-order valence-corrected chi connectivity index (χ3v) is 5.13. The quantitative estimate of drug-likeness (QED) is 0.802. The van der Waals surface area contributed by atoms with Gasteiger partial charge in [0.1, 0.15) is 0 Å². The summed E-state index contributed by atoms with van der Waals surface area (Å²) in [5.74, 6) is 0.778. The van der Waals surface area contributed by atoms with E-state index in [1.165, 1.54) is 0 Å². The number of aliphatic carboxylic acids is 1. The molecule has 2 aliphatic heterocycles. The van der Waals surface area contributed by atoms with Crippen molar-refractivity contribution in [3.8, 4) is 0 Å². The molecule has 2 fully saturated rings. The van der Waals surface area contributed by atoms with Crippen molar-refractivity contribution < 1.29 is 14.7 Å². The van der Waals surface area contributed by atoms with Crippen LogP contribution >= 0.6 is 11.8 Å². The molecule has 6 nitrogen and oxygen atoms in total. The number of amides is 2. The first-order chi connectivity index (χ1) is 9.59. The molecule has 20 heavy (non-hydrogen) atoms. The molecule has 0 aromatic heterocycles. The highest BCUT2D eigenvalue weighted by molar-refractivity contribution is 7.99. The first-order valence-electron chi connectivity index (χ1n) is 7.13. The summed E-state index contributed by atoms with van der Waals surface area (Å²) >= 11 is 1.73. The minimum Gasteiger partial charge on any atom is -0.481 e. The van der Waals surface area contributed by atoms with Crippen LogP contribution < -0.4 is 5.32 Å². The average Bonchev–Trinajstić information content (AvgIpc) is 2.46. The third-order valence-electron chi connectivity index (χ3n) is 4.04. The Bertz CT molecular complexity index is 361. The van der Waals surface area contributed by atoms with E-state index in [1.807, 2.05) is 11.9 Å². The highest BCUT2D eigenvalue weighted by atomic mass is 32.2. The summed E-state index contributed by atoms with van der Waals surface area (Å²) in [5.41, 5.74) is 0. The third kappa shape index (κ3) is 3.79. The number of piperidine rings is 1. The molecular weight excluding hydrogens is 278 g/mol. The summed E-state index contributed by atoms with van der Waals surface area (Å²) < 4.78 is 0. The molecule has 114 valence electrons. The Kier molecular flexibility index (Phi) is 5.54. The van der Waals surface area contributed by atoms with E-state index in [4.69, 9.17) is 5.11 Å². The Morgan fingerprint density at radius 2 is 2.10 bits per heavy atom. The van der Waals surface area contributed by atoms with E-state index in [0.717, 1.165) is 37.4 Å². The summed E-state index contributed by atoms with van der Waals surface area (Å²) in [4.78, 5) is 27.1. The second kappa shape index (κ2) is 7.17. The van der Waals surface area contributed by atoms with Gasteiger partial charge in [-0.3, -0.25) is 4.79 Å². The minimum atomic E-state index is -0.834. The van der Waals surface area contributed by atoms with Gasteiger partial charge in [0.15, 0.2) is 0 Å². The lowest BCUT2D eigenvalue weighted by Crippen LogP contribution is -2.55. The molecular formula is C13H23N3O3S. The normalized spacial score (nSPS) is 24.4. The van der Waals surface area contributed by atoms with Crippen LogP contribution in [0.25, 0.3) is 0 Å². The molecule has 2 heterocycles. The molecule has 0 radical (unpaired) electrons. The zero-order valence-electron chi connectivity index (χ0n) is 11.9. The Morgan fingerprint density at radius 3 is 2.75 bits per heavy atom. The number of nitrogens with zero attached hydrogens (tertiary/aromatic N) is 2. The summed E-state index contributed by atoms with van der Waals surface area (Å²) in [7, 11) is 1.85. The van der Waals surface area contributed by atoms with Gasteiger partial charge in [0.05, 0.1) is 12.5 Å². The van der Waals surface area contributed by atoms with Crippen molar-refractivity contribution in [1.82, 2.24) is 15.1 Å². The predicted octanol–water partition coefficient (Wildman–Crippen LogP) is 0.682. The number of carboxylic acids is 1. The highest BCUT2D eigenvalue weighted by Gasteiger charge is 2.33. The van der Waals surface area contributed by atoms with Gasteiger partial charge in [0, 0.05) is 31.1 Å². The van der Waals surface area contributed by atoms with Crippen LogP contribution in [0.15, 0.2) is 0 Å². The summed E-state index contributed by atoms with van der Waals surface area (Å²) in [6, 6.07) is 0.0789. The van der Waals surface area contributed by atoms with Crippen molar-refractivity contribution in [2.75, 3.05) is 38.2 Å². The number of carbonyl (C=O) groups is 2. The molecule has 7 heteroatoms. The molecule has 0 bridgehead atoms. The zero-order valence-corrected chi connectivity index (χ0v) is 12.7. The van der Waals surface area contributed by atoms with Crippen LogP contribution in [-0.2, 0) is 4.79 Å². The first-order valence-corrected chi connectivity index (χ1v) is 8.28. The van der Waals surface area contributed by atoms with E-state index in [9.17, 15) is 9.59 Å². The van der Waals surface area contributed by atoms with Gasteiger partial charge in [-0.15, -0.1) is 0 Å². The number of carboxylic acid groups (broad SMARTS) is 1. The SMILES string of the molecule is CN(C(=O)N1CCSCC1CC(=O)O)C1CCNCC1. The van der Waals surface area contributed by atoms with Crippen LogP contribution in [0.1, 0.15) is 19.3 Å². The molecule has 0 spiro atoms. The maximum atomic E-state index is 12.6. The van der Waals surface area contributed by atoms with Crippen LogP contribution in [0, 0.1) is 0 Å². The molecule has 2 rings (SSSR count). The lowest BCUT2D eigenvalue weighted by molar-refractivity contribution is -0.138. The van der Waals surface area contributed by atoms with Gasteiger partial charge in [0.2, 0.25) is 0 Å². The number of thioether (sulfide) groups is 1. The monoisotopic (exact) mass is 301 g/mol. The van der Waals surface area contributed by atoms with Gasteiger partial charge in [-0.2, -0.15) is 11.8 Å². The van der Waals surface area contributed by atoms with E-state index in [1.54, 1.807) is 16.7 Å². The van der Waals surface area contributed by atoms with Crippen molar-refractivity contribution in [2.24, 2.45) is 0 Å². The average molecular weight is 301 g/mol. The fourth-order valence-electron chi connectivity index (χ4n) is 2.83. The van der Waals surface area contributed by atoms with Gasteiger partial charge < -0.3 is 20.2 Å². The summed E-state index contributed by atoms with van der Waals surface area (Å²) in [6.07, 6.45) is 1.97.